The molecule has 11 rings (SSSR count). The molecule has 232 valence electrons. The number of hydrogen-bond donors (Lipinski definition) is 0. The molecule has 3 heterocycles. The average molecular weight is 638 g/mol. The van der Waals surface area contributed by atoms with Gasteiger partial charge in [-0.2, -0.15) is 0 Å². The molecular weight excluding hydrogens is 611 g/mol. The third kappa shape index (κ3) is 3.87. The molecule has 0 saturated heterocycles. The molecule has 0 bridgehead atoms. The highest BCUT2D eigenvalue weighted by atomic mass is 16.5. The Morgan fingerprint density at radius 1 is 0.460 bits per heavy atom. The van der Waals surface area contributed by atoms with Gasteiger partial charge in [-0.05, 0) is 64.2 Å². The maximum Gasteiger partial charge on any atom is 0.161 e. The van der Waals surface area contributed by atoms with Gasteiger partial charge >= 0.3 is 0 Å². The number of ether oxygens (including phenoxy) is 1. The quantitative estimate of drug-likeness (QED) is 0.193. The smallest absolute Gasteiger partial charge is 0.161 e. The van der Waals surface area contributed by atoms with E-state index in [9.17, 15) is 0 Å². The van der Waals surface area contributed by atoms with Gasteiger partial charge in [0.15, 0.2) is 11.6 Å². The first-order valence-electron chi connectivity index (χ1n) is 16.9. The van der Waals surface area contributed by atoms with E-state index in [1.165, 1.54) is 21.5 Å². The lowest BCUT2D eigenvalue weighted by Gasteiger charge is -2.25. The van der Waals surface area contributed by atoms with E-state index in [2.05, 4.69) is 150 Å². The highest BCUT2D eigenvalue weighted by Crippen LogP contribution is 2.51. The predicted octanol–water partition coefficient (Wildman–Crippen LogP) is 12.1. The summed E-state index contributed by atoms with van der Waals surface area (Å²) in [6.45, 7) is 0. The van der Waals surface area contributed by atoms with Crippen LogP contribution in [0.15, 0.2) is 164 Å². The van der Waals surface area contributed by atoms with Crippen molar-refractivity contribution in [2.45, 2.75) is 0 Å². The molecule has 1 aliphatic heterocycles. The van der Waals surface area contributed by atoms with Crippen LogP contribution in [0.25, 0.3) is 93.7 Å². The summed E-state index contributed by atoms with van der Waals surface area (Å²) in [6, 6.07) is 57.7. The second-order valence-electron chi connectivity index (χ2n) is 12.9. The molecule has 1 aliphatic rings. The van der Waals surface area contributed by atoms with E-state index >= 15 is 0 Å². The van der Waals surface area contributed by atoms with Crippen LogP contribution in [-0.4, -0.2) is 14.5 Å². The first-order chi connectivity index (χ1) is 24.8. The predicted molar refractivity (Wildman–Crippen MR) is 205 cm³/mol. The van der Waals surface area contributed by atoms with E-state index in [0.29, 0.717) is 5.82 Å². The topological polar surface area (TPSA) is 39.9 Å². The van der Waals surface area contributed by atoms with Gasteiger partial charge in [0.25, 0.3) is 0 Å². The van der Waals surface area contributed by atoms with Crippen molar-refractivity contribution in [3.8, 4) is 51.0 Å². The van der Waals surface area contributed by atoms with Crippen LogP contribution in [0.4, 0.5) is 0 Å². The maximum atomic E-state index is 6.98. The Balaban J connectivity index is 1.14. The van der Waals surface area contributed by atoms with E-state index in [0.717, 1.165) is 77.8 Å². The summed E-state index contributed by atoms with van der Waals surface area (Å²) in [6.07, 6.45) is 0. The van der Waals surface area contributed by atoms with Crippen molar-refractivity contribution in [2.24, 2.45) is 0 Å². The summed E-state index contributed by atoms with van der Waals surface area (Å²) in [4.78, 5) is 10.3. The third-order valence-corrected chi connectivity index (χ3v) is 10.2. The standard InChI is InChI=1S/C46H27N3O/c1-2-12-28(13-3-1)44-36-17-6-8-21-38(36)47-46(48-44)35-24-25-42-43-32(18-10-19-33(35)43)34-20-11-23-40(45(34)50-42)49-39-22-9-7-16-31(39)37-26-29-14-4-5-15-30(29)27-41(37)49/h1-27H. The first-order valence-corrected chi connectivity index (χ1v) is 16.9. The van der Waals surface area contributed by atoms with Crippen LogP contribution in [0, 0.1) is 0 Å². The maximum absolute atomic E-state index is 6.98. The molecule has 0 radical (unpaired) electrons. The summed E-state index contributed by atoms with van der Waals surface area (Å²) in [7, 11) is 0. The highest BCUT2D eigenvalue weighted by Gasteiger charge is 2.26. The lowest BCUT2D eigenvalue weighted by Crippen LogP contribution is -2.04. The van der Waals surface area contributed by atoms with Gasteiger partial charge in [0.05, 0.1) is 27.9 Å². The minimum absolute atomic E-state index is 0.698. The Hall–Kier alpha value is -6.78. The lowest BCUT2D eigenvalue weighted by atomic mass is 9.91. The Labute approximate surface area is 287 Å². The minimum Gasteiger partial charge on any atom is -0.454 e. The molecule has 8 aromatic carbocycles. The summed E-state index contributed by atoms with van der Waals surface area (Å²) < 4.78 is 9.35. The zero-order valence-corrected chi connectivity index (χ0v) is 26.8. The normalized spacial score (nSPS) is 12.2. The zero-order valence-electron chi connectivity index (χ0n) is 26.8. The van der Waals surface area contributed by atoms with Crippen molar-refractivity contribution < 1.29 is 4.74 Å². The number of rotatable bonds is 3. The Bertz CT molecular complexity index is 3010. The molecule has 10 aromatic rings. The van der Waals surface area contributed by atoms with E-state index in [-0.39, 0.29) is 0 Å². The molecule has 4 nitrogen and oxygen atoms in total. The van der Waals surface area contributed by atoms with E-state index in [1.54, 1.807) is 0 Å². The van der Waals surface area contributed by atoms with Crippen molar-refractivity contribution in [3.63, 3.8) is 0 Å². The molecule has 0 aliphatic carbocycles. The number of para-hydroxylation sites is 3. The van der Waals surface area contributed by atoms with Crippen molar-refractivity contribution in [1.29, 1.82) is 0 Å². The van der Waals surface area contributed by atoms with Gasteiger partial charge in [-0.1, -0.05) is 121 Å². The molecule has 0 atom stereocenters. The van der Waals surface area contributed by atoms with Crippen LogP contribution in [0.3, 0.4) is 0 Å². The minimum atomic E-state index is 0.698. The van der Waals surface area contributed by atoms with Crippen LogP contribution < -0.4 is 4.74 Å². The summed E-state index contributed by atoms with van der Waals surface area (Å²) in [5, 5.41) is 8.06. The molecule has 0 spiro atoms. The number of benzene rings is 8. The van der Waals surface area contributed by atoms with Gasteiger partial charge in [0.1, 0.15) is 5.75 Å². The summed E-state index contributed by atoms with van der Waals surface area (Å²) >= 11 is 0. The highest BCUT2D eigenvalue weighted by molar-refractivity contribution is 6.15. The molecule has 4 heteroatoms. The monoisotopic (exact) mass is 637 g/mol. The fraction of sp³-hybridized carbons (Fsp3) is 0. The fourth-order valence-corrected chi connectivity index (χ4v) is 7.94. The van der Waals surface area contributed by atoms with E-state index in [4.69, 9.17) is 14.7 Å². The van der Waals surface area contributed by atoms with Crippen molar-refractivity contribution in [3.05, 3.63) is 164 Å². The van der Waals surface area contributed by atoms with Gasteiger partial charge in [0.2, 0.25) is 0 Å². The van der Waals surface area contributed by atoms with Gasteiger partial charge < -0.3 is 9.30 Å². The number of fused-ring (bicyclic) bond motifs is 7. The van der Waals surface area contributed by atoms with Crippen LogP contribution in [0.1, 0.15) is 0 Å². The number of aromatic nitrogens is 3. The fourth-order valence-electron chi connectivity index (χ4n) is 7.94. The van der Waals surface area contributed by atoms with Crippen molar-refractivity contribution in [2.75, 3.05) is 0 Å². The van der Waals surface area contributed by atoms with E-state index in [1.807, 2.05) is 18.2 Å². The largest absolute Gasteiger partial charge is 0.454 e. The van der Waals surface area contributed by atoms with Crippen LogP contribution in [0.2, 0.25) is 0 Å². The molecule has 50 heavy (non-hydrogen) atoms. The lowest BCUT2D eigenvalue weighted by molar-refractivity contribution is 0.485. The van der Waals surface area contributed by atoms with Crippen molar-refractivity contribution in [1.82, 2.24) is 14.5 Å². The Morgan fingerprint density at radius 3 is 2.08 bits per heavy atom. The summed E-state index contributed by atoms with van der Waals surface area (Å²) in [5.41, 5.74) is 9.41. The second kappa shape index (κ2) is 10.4. The third-order valence-electron chi connectivity index (χ3n) is 10.2. The van der Waals surface area contributed by atoms with Gasteiger partial charge in [-0.3, -0.25) is 0 Å². The molecule has 0 amide bonds. The molecule has 0 fully saturated rings. The molecule has 0 saturated carbocycles. The van der Waals surface area contributed by atoms with Gasteiger partial charge in [0, 0.05) is 38.2 Å². The zero-order chi connectivity index (χ0) is 32.8. The van der Waals surface area contributed by atoms with Gasteiger partial charge in [-0.25, -0.2) is 9.97 Å². The molecule has 2 aromatic heterocycles. The SMILES string of the molecule is c1ccc(-c2nc(-c3ccc4c5c(cccc35)-c3cccc(-n5c6ccccc6c6cc7ccccc7cc65)c3O4)nc3ccccc23)cc1. The van der Waals surface area contributed by atoms with E-state index < -0.39 is 0 Å². The Morgan fingerprint density at radius 2 is 1.18 bits per heavy atom. The number of nitrogens with zero attached hydrogens (tertiary/aromatic N) is 3. The molecule has 0 N–H and O–H groups in total. The van der Waals surface area contributed by atoms with Gasteiger partial charge in [-0.15, -0.1) is 0 Å². The van der Waals surface area contributed by atoms with Crippen LogP contribution >= 0.6 is 0 Å². The molecule has 0 unspecified atom stereocenters. The average Bonchev–Trinajstić information content (AvgIpc) is 3.49. The van der Waals surface area contributed by atoms with Crippen molar-refractivity contribution >= 4 is 54.3 Å². The summed E-state index contributed by atoms with van der Waals surface area (Å²) in [5.74, 6) is 2.38. The second-order valence-corrected chi connectivity index (χ2v) is 12.9. The number of hydrogen-bond acceptors (Lipinski definition) is 3. The first kappa shape index (κ1) is 27.2. The Kier molecular flexibility index (Phi) is 5.63. The van der Waals surface area contributed by atoms with Crippen LogP contribution in [0.5, 0.6) is 11.5 Å². The van der Waals surface area contributed by atoms with Crippen LogP contribution in [-0.2, 0) is 0 Å². The molecular formula is C46H27N3O.